The first-order valence-corrected chi connectivity index (χ1v) is 10.8. The molecule has 1 aliphatic heterocycles. The molecule has 0 spiro atoms. The van der Waals surface area contributed by atoms with Crippen molar-refractivity contribution < 1.29 is 9.59 Å². The SMILES string of the molecule is CC(NC(=O)CN1CCCC(C(=O)Nc2ccc(Cl)cn2)C1)c1ccc(Br)cc1. The van der Waals surface area contributed by atoms with Crippen molar-refractivity contribution >= 4 is 45.2 Å². The van der Waals surface area contributed by atoms with Crippen LogP contribution in [-0.2, 0) is 9.59 Å². The van der Waals surface area contributed by atoms with Crippen LogP contribution in [0.1, 0.15) is 31.4 Å². The number of amides is 2. The molecule has 1 aliphatic rings. The lowest BCUT2D eigenvalue weighted by atomic mass is 9.97. The van der Waals surface area contributed by atoms with Gasteiger partial charge in [0.05, 0.1) is 23.5 Å². The van der Waals surface area contributed by atoms with Crippen molar-refractivity contribution in [3.8, 4) is 0 Å². The summed E-state index contributed by atoms with van der Waals surface area (Å²) < 4.78 is 1.01. The Morgan fingerprint density at radius 3 is 2.72 bits per heavy atom. The van der Waals surface area contributed by atoms with Crippen LogP contribution in [0.5, 0.6) is 0 Å². The van der Waals surface area contributed by atoms with E-state index in [0.29, 0.717) is 17.4 Å². The maximum atomic E-state index is 12.6. The highest BCUT2D eigenvalue weighted by atomic mass is 79.9. The number of piperidine rings is 1. The van der Waals surface area contributed by atoms with Crippen molar-refractivity contribution in [2.24, 2.45) is 5.92 Å². The summed E-state index contributed by atoms with van der Waals surface area (Å²) in [6.07, 6.45) is 3.18. The standard InChI is InChI=1S/C21H24BrClN4O2/c1-14(15-4-6-17(22)7-5-15)25-20(28)13-27-10-2-3-16(12-27)21(29)26-19-9-8-18(23)11-24-19/h4-9,11,14,16H,2-3,10,12-13H2,1H3,(H,25,28)(H,24,26,29). The molecule has 0 radical (unpaired) electrons. The summed E-state index contributed by atoms with van der Waals surface area (Å²) in [4.78, 5) is 31.2. The zero-order valence-electron chi connectivity index (χ0n) is 16.2. The lowest BCUT2D eigenvalue weighted by molar-refractivity contribution is -0.126. The van der Waals surface area contributed by atoms with Gasteiger partial charge in [0.1, 0.15) is 5.82 Å². The Balaban J connectivity index is 1.49. The van der Waals surface area contributed by atoms with Gasteiger partial charge in [0.25, 0.3) is 0 Å². The minimum absolute atomic E-state index is 0.0409. The van der Waals surface area contributed by atoms with Gasteiger partial charge in [-0.2, -0.15) is 0 Å². The molecule has 2 amide bonds. The van der Waals surface area contributed by atoms with Gasteiger partial charge in [-0.15, -0.1) is 0 Å². The fourth-order valence-electron chi connectivity index (χ4n) is 3.42. The minimum atomic E-state index is -0.169. The van der Waals surface area contributed by atoms with E-state index in [1.165, 1.54) is 6.20 Å². The van der Waals surface area contributed by atoms with Crippen LogP contribution in [0.25, 0.3) is 0 Å². The molecule has 2 aromatic rings. The molecule has 1 aromatic carbocycles. The Hall–Kier alpha value is -1.96. The molecule has 2 atom stereocenters. The van der Waals surface area contributed by atoms with Crippen molar-refractivity contribution in [3.63, 3.8) is 0 Å². The monoisotopic (exact) mass is 478 g/mol. The number of rotatable bonds is 6. The van der Waals surface area contributed by atoms with Crippen molar-refractivity contribution in [1.82, 2.24) is 15.2 Å². The molecule has 0 aliphatic carbocycles. The summed E-state index contributed by atoms with van der Waals surface area (Å²) in [5.74, 6) is 0.199. The van der Waals surface area contributed by atoms with E-state index in [4.69, 9.17) is 11.6 Å². The molecule has 2 N–H and O–H groups in total. The van der Waals surface area contributed by atoms with Gasteiger partial charge in [0.15, 0.2) is 0 Å². The van der Waals surface area contributed by atoms with Crippen molar-refractivity contribution in [2.75, 3.05) is 25.0 Å². The van der Waals surface area contributed by atoms with Crippen molar-refractivity contribution in [3.05, 3.63) is 57.7 Å². The summed E-state index contributed by atoms with van der Waals surface area (Å²) >= 11 is 9.24. The number of anilines is 1. The third-order valence-corrected chi connectivity index (χ3v) is 5.72. The van der Waals surface area contributed by atoms with E-state index < -0.39 is 0 Å². The largest absolute Gasteiger partial charge is 0.348 e. The molecule has 154 valence electrons. The van der Waals surface area contributed by atoms with Gasteiger partial charge in [-0.1, -0.05) is 39.7 Å². The number of nitrogens with one attached hydrogen (secondary N) is 2. The second-order valence-corrected chi connectivity index (χ2v) is 8.62. The quantitative estimate of drug-likeness (QED) is 0.656. The molecule has 0 saturated carbocycles. The molecule has 2 unspecified atom stereocenters. The van der Waals surface area contributed by atoms with E-state index in [1.807, 2.05) is 36.1 Å². The predicted molar refractivity (Wildman–Crippen MR) is 118 cm³/mol. The molecular formula is C21H24BrClN4O2. The maximum Gasteiger partial charge on any atom is 0.234 e. The molecule has 0 bridgehead atoms. The number of hydrogen-bond acceptors (Lipinski definition) is 4. The average molecular weight is 480 g/mol. The van der Waals surface area contributed by atoms with Crippen LogP contribution in [0.15, 0.2) is 47.1 Å². The maximum absolute atomic E-state index is 12.6. The Morgan fingerprint density at radius 1 is 1.28 bits per heavy atom. The molecule has 6 nitrogen and oxygen atoms in total. The van der Waals surface area contributed by atoms with E-state index >= 15 is 0 Å². The summed E-state index contributed by atoms with van der Waals surface area (Å²) in [6.45, 7) is 3.61. The normalized spacial score (nSPS) is 18.1. The van der Waals surface area contributed by atoms with Crippen molar-refractivity contribution in [2.45, 2.75) is 25.8 Å². The second kappa shape index (κ2) is 10.2. The first kappa shape index (κ1) is 21.7. The molecule has 29 heavy (non-hydrogen) atoms. The van der Waals surface area contributed by atoms with Gasteiger partial charge in [0.2, 0.25) is 11.8 Å². The Kier molecular flexibility index (Phi) is 7.64. The van der Waals surface area contributed by atoms with Crippen LogP contribution in [-0.4, -0.2) is 41.3 Å². The summed E-state index contributed by atoms with van der Waals surface area (Å²) in [5, 5.41) is 6.39. The number of nitrogens with zero attached hydrogens (tertiary/aromatic N) is 2. The molecule has 1 saturated heterocycles. The third kappa shape index (κ3) is 6.52. The van der Waals surface area contributed by atoms with Gasteiger partial charge in [0, 0.05) is 17.2 Å². The van der Waals surface area contributed by atoms with Crippen LogP contribution in [0.4, 0.5) is 5.82 Å². The molecular weight excluding hydrogens is 456 g/mol. The van der Waals surface area contributed by atoms with Crippen molar-refractivity contribution in [1.29, 1.82) is 0 Å². The topological polar surface area (TPSA) is 74.3 Å². The lowest BCUT2D eigenvalue weighted by Crippen LogP contribution is -2.45. The lowest BCUT2D eigenvalue weighted by Gasteiger charge is -2.31. The Bertz CT molecular complexity index is 845. The highest BCUT2D eigenvalue weighted by Gasteiger charge is 2.27. The van der Waals surface area contributed by atoms with Crippen LogP contribution >= 0.6 is 27.5 Å². The molecule has 8 heteroatoms. The smallest absolute Gasteiger partial charge is 0.234 e. The summed E-state index contributed by atoms with van der Waals surface area (Å²) in [5.41, 5.74) is 1.05. The third-order valence-electron chi connectivity index (χ3n) is 4.97. The van der Waals surface area contributed by atoms with Crippen LogP contribution in [0.2, 0.25) is 5.02 Å². The Morgan fingerprint density at radius 2 is 2.03 bits per heavy atom. The minimum Gasteiger partial charge on any atom is -0.348 e. The van der Waals surface area contributed by atoms with Gasteiger partial charge in [-0.3, -0.25) is 14.5 Å². The second-order valence-electron chi connectivity index (χ2n) is 7.27. The van der Waals surface area contributed by atoms with E-state index in [1.54, 1.807) is 12.1 Å². The predicted octanol–water partition coefficient (Wildman–Crippen LogP) is 4.03. The average Bonchev–Trinajstić information content (AvgIpc) is 2.70. The zero-order chi connectivity index (χ0) is 20.8. The fourth-order valence-corrected chi connectivity index (χ4v) is 3.79. The first-order valence-electron chi connectivity index (χ1n) is 9.60. The number of halogens is 2. The van der Waals surface area contributed by atoms with E-state index in [9.17, 15) is 9.59 Å². The fraction of sp³-hybridized carbons (Fsp3) is 0.381. The van der Waals surface area contributed by atoms with Gasteiger partial charge in [-0.25, -0.2) is 4.98 Å². The molecule has 1 aromatic heterocycles. The highest BCUT2D eigenvalue weighted by molar-refractivity contribution is 9.10. The molecule has 2 heterocycles. The van der Waals surface area contributed by atoms with Gasteiger partial charge < -0.3 is 10.6 Å². The summed E-state index contributed by atoms with van der Waals surface area (Å²) in [6, 6.07) is 11.2. The van der Waals surface area contributed by atoms with Crippen LogP contribution in [0, 0.1) is 5.92 Å². The van der Waals surface area contributed by atoms with E-state index in [2.05, 4.69) is 31.5 Å². The number of benzene rings is 1. The molecule has 3 rings (SSSR count). The number of pyridine rings is 1. The van der Waals surface area contributed by atoms with E-state index in [0.717, 1.165) is 29.4 Å². The number of aromatic nitrogens is 1. The van der Waals surface area contributed by atoms with Gasteiger partial charge in [-0.05, 0) is 56.1 Å². The highest BCUT2D eigenvalue weighted by Crippen LogP contribution is 2.20. The number of hydrogen-bond donors (Lipinski definition) is 2. The molecule has 1 fully saturated rings. The Labute approximate surface area is 184 Å². The number of likely N-dealkylation sites (tertiary alicyclic amines) is 1. The number of carbonyl (C=O) groups excluding carboxylic acids is 2. The van der Waals surface area contributed by atoms with Crippen LogP contribution < -0.4 is 10.6 Å². The van der Waals surface area contributed by atoms with E-state index in [-0.39, 0.29) is 30.3 Å². The first-order chi connectivity index (χ1) is 13.9. The zero-order valence-corrected chi connectivity index (χ0v) is 18.5. The van der Waals surface area contributed by atoms with Gasteiger partial charge >= 0.3 is 0 Å². The van der Waals surface area contributed by atoms with Crippen LogP contribution in [0.3, 0.4) is 0 Å². The number of carbonyl (C=O) groups is 2. The summed E-state index contributed by atoms with van der Waals surface area (Å²) in [7, 11) is 0.